The van der Waals surface area contributed by atoms with E-state index in [9.17, 15) is 17.6 Å². The molecule has 10 nitrogen and oxygen atoms in total. The second kappa shape index (κ2) is 6.19. The summed E-state index contributed by atoms with van der Waals surface area (Å²) in [7, 11) is -3.98. The lowest BCUT2D eigenvalue weighted by atomic mass is 10.2. The number of primary amides is 1. The lowest BCUT2D eigenvalue weighted by molar-refractivity contribution is 0.0995. The molecule has 1 saturated heterocycles. The molecule has 25 heavy (non-hydrogen) atoms. The Kier molecular flexibility index (Phi) is 4.33. The summed E-state index contributed by atoms with van der Waals surface area (Å²) in [4.78, 5) is 11.0. The van der Waals surface area contributed by atoms with Crippen molar-refractivity contribution in [3.05, 3.63) is 23.3 Å². The predicted molar refractivity (Wildman–Crippen MR) is 81.7 cm³/mol. The van der Waals surface area contributed by atoms with Gasteiger partial charge in [-0.3, -0.25) is 9.48 Å². The van der Waals surface area contributed by atoms with Gasteiger partial charge in [0.25, 0.3) is 5.91 Å². The minimum atomic E-state index is -3.98. The molecule has 0 spiro atoms. The highest BCUT2D eigenvalue weighted by Crippen LogP contribution is 2.31. The Bertz CT molecular complexity index is 888. The summed E-state index contributed by atoms with van der Waals surface area (Å²) in [6, 6.07) is -0.684. The fourth-order valence-corrected chi connectivity index (χ4v) is 4.92. The minimum absolute atomic E-state index is 0.00830. The molecule has 0 radical (unpaired) electrons. The number of rotatable bonds is 5. The normalized spacial score (nSPS) is 21.7. The molecule has 3 rings (SSSR count). The van der Waals surface area contributed by atoms with Gasteiger partial charge in [0.1, 0.15) is 16.8 Å². The first kappa shape index (κ1) is 17.5. The lowest BCUT2D eigenvalue weighted by Gasteiger charge is -2.23. The zero-order chi connectivity index (χ0) is 18.4. The van der Waals surface area contributed by atoms with E-state index in [1.807, 2.05) is 0 Å². The Hall–Kier alpha value is -2.34. The molecule has 0 aromatic carbocycles. The number of alkyl halides is 1. The van der Waals surface area contributed by atoms with Crippen molar-refractivity contribution in [2.45, 2.75) is 43.9 Å². The van der Waals surface area contributed by atoms with Crippen molar-refractivity contribution in [2.75, 3.05) is 6.54 Å². The molecule has 136 valence electrons. The Morgan fingerprint density at radius 3 is 2.76 bits per heavy atom. The number of hydrogen-bond acceptors (Lipinski definition) is 7. The number of sulfonamides is 1. The first-order valence-corrected chi connectivity index (χ1v) is 8.93. The molecular formula is C13H17FN6O4S. The number of nitrogens with two attached hydrogens (primary N) is 1. The zero-order valence-corrected chi connectivity index (χ0v) is 14.4. The summed E-state index contributed by atoms with van der Waals surface area (Å²) in [5.41, 5.74) is 5.28. The maximum Gasteiger partial charge on any atom is 0.270 e. The first-order chi connectivity index (χ1) is 11.7. The number of aryl methyl sites for hydroxylation is 2. The fraction of sp³-hybridized carbons (Fsp3) is 0.538. The van der Waals surface area contributed by atoms with Crippen LogP contribution in [0.25, 0.3) is 0 Å². The molecule has 0 bridgehead atoms. The van der Waals surface area contributed by atoms with Crippen LogP contribution in [0.4, 0.5) is 4.39 Å². The van der Waals surface area contributed by atoms with Gasteiger partial charge in [0, 0.05) is 12.6 Å². The largest absolute Gasteiger partial charge is 0.364 e. The zero-order valence-electron chi connectivity index (χ0n) is 13.6. The van der Waals surface area contributed by atoms with Crippen molar-refractivity contribution in [3.63, 3.8) is 0 Å². The lowest BCUT2D eigenvalue weighted by Crippen LogP contribution is -2.38. The van der Waals surface area contributed by atoms with Crippen molar-refractivity contribution in [1.82, 2.24) is 24.5 Å². The van der Waals surface area contributed by atoms with Gasteiger partial charge >= 0.3 is 0 Å². The van der Waals surface area contributed by atoms with E-state index in [0.29, 0.717) is 0 Å². The van der Waals surface area contributed by atoms with Crippen LogP contribution in [0, 0.1) is 13.8 Å². The van der Waals surface area contributed by atoms with Crippen LogP contribution in [0.1, 0.15) is 28.4 Å². The van der Waals surface area contributed by atoms with E-state index in [0.717, 1.165) is 4.31 Å². The van der Waals surface area contributed by atoms with Crippen molar-refractivity contribution < 1.29 is 22.1 Å². The van der Waals surface area contributed by atoms with E-state index in [-0.39, 0.29) is 41.6 Å². The maximum atomic E-state index is 14.0. The van der Waals surface area contributed by atoms with Gasteiger partial charge in [-0.2, -0.15) is 4.31 Å². The first-order valence-electron chi connectivity index (χ1n) is 7.49. The van der Waals surface area contributed by atoms with Gasteiger partial charge in [0.2, 0.25) is 10.0 Å². The van der Waals surface area contributed by atoms with Gasteiger partial charge in [-0.1, -0.05) is 10.4 Å². The van der Waals surface area contributed by atoms with Crippen molar-refractivity contribution >= 4 is 15.9 Å². The Balaban J connectivity index is 1.90. The minimum Gasteiger partial charge on any atom is -0.364 e. The number of carbonyl (C=O) groups is 1. The van der Waals surface area contributed by atoms with Crippen LogP contribution < -0.4 is 5.73 Å². The van der Waals surface area contributed by atoms with Crippen LogP contribution in [-0.2, 0) is 16.6 Å². The van der Waals surface area contributed by atoms with E-state index in [2.05, 4.69) is 15.5 Å². The number of hydrogen-bond donors (Lipinski definition) is 1. The topological polar surface area (TPSA) is 137 Å². The number of nitrogens with zero attached hydrogens (tertiary/aromatic N) is 5. The quantitative estimate of drug-likeness (QED) is 0.766. The standard InChI is InChI=1S/C13H17FN6O4S/c1-7-12(8(2)24-17-7)25(22,23)20-4-9(14)3-10(20)5-19-6-11(13(15)21)16-18-19/h6,9-10H,3-5H2,1-2H3,(H2,15,21)/t9-,10-/m0/s1. The van der Waals surface area contributed by atoms with E-state index in [1.165, 1.54) is 24.7 Å². The van der Waals surface area contributed by atoms with E-state index in [1.54, 1.807) is 0 Å². The van der Waals surface area contributed by atoms with Gasteiger partial charge in [-0.25, -0.2) is 12.8 Å². The molecule has 1 amide bonds. The third-order valence-corrected chi connectivity index (χ3v) is 6.20. The van der Waals surface area contributed by atoms with Gasteiger partial charge in [0.05, 0.1) is 12.7 Å². The molecule has 3 heterocycles. The average Bonchev–Trinajstić information content (AvgIpc) is 3.20. The van der Waals surface area contributed by atoms with Crippen molar-refractivity contribution in [2.24, 2.45) is 5.73 Å². The van der Waals surface area contributed by atoms with E-state index >= 15 is 0 Å². The summed E-state index contributed by atoms with van der Waals surface area (Å²) >= 11 is 0. The molecule has 2 aromatic heterocycles. The van der Waals surface area contributed by atoms with Crippen LogP contribution >= 0.6 is 0 Å². The molecule has 0 aliphatic carbocycles. The molecule has 2 atom stereocenters. The van der Waals surface area contributed by atoms with Crippen molar-refractivity contribution in [1.29, 1.82) is 0 Å². The smallest absolute Gasteiger partial charge is 0.270 e. The third-order valence-electron chi connectivity index (χ3n) is 4.04. The summed E-state index contributed by atoms with van der Waals surface area (Å²) < 4.78 is 47.1. The molecule has 0 unspecified atom stereocenters. The van der Waals surface area contributed by atoms with Gasteiger partial charge in [-0.15, -0.1) is 5.10 Å². The molecule has 0 saturated carbocycles. The second-order valence-electron chi connectivity index (χ2n) is 5.90. The van der Waals surface area contributed by atoms with Crippen molar-refractivity contribution in [3.8, 4) is 0 Å². The average molecular weight is 372 g/mol. The number of amides is 1. The summed E-state index contributed by atoms with van der Waals surface area (Å²) in [5, 5.41) is 11.0. The summed E-state index contributed by atoms with van der Waals surface area (Å²) in [6.45, 7) is 2.77. The highest BCUT2D eigenvalue weighted by molar-refractivity contribution is 7.89. The summed E-state index contributed by atoms with van der Waals surface area (Å²) in [5.74, 6) is -0.600. The fourth-order valence-electron chi connectivity index (χ4n) is 2.97. The molecular weight excluding hydrogens is 355 g/mol. The number of carbonyl (C=O) groups excluding carboxylic acids is 1. The van der Waals surface area contributed by atoms with Crippen LogP contribution in [0.2, 0.25) is 0 Å². The molecule has 1 aliphatic rings. The molecule has 1 fully saturated rings. The Labute approximate surface area is 142 Å². The molecule has 2 N–H and O–H groups in total. The van der Waals surface area contributed by atoms with Gasteiger partial charge in [0.15, 0.2) is 11.5 Å². The number of halogens is 1. The molecule has 2 aromatic rings. The Morgan fingerprint density at radius 2 is 2.20 bits per heavy atom. The maximum absolute atomic E-state index is 14.0. The van der Waals surface area contributed by atoms with Gasteiger partial charge in [-0.05, 0) is 20.3 Å². The van der Waals surface area contributed by atoms with Crippen LogP contribution in [0.15, 0.2) is 15.6 Å². The summed E-state index contributed by atoms with van der Waals surface area (Å²) in [6.07, 6.45) is 0.00237. The second-order valence-corrected chi connectivity index (χ2v) is 7.73. The highest BCUT2D eigenvalue weighted by Gasteiger charge is 2.43. The molecule has 12 heteroatoms. The third kappa shape index (κ3) is 3.14. The SMILES string of the molecule is Cc1noc(C)c1S(=O)(=O)N1C[C@@H](F)C[C@H]1Cn1cc(C(N)=O)nn1. The van der Waals surface area contributed by atoms with E-state index in [4.69, 9.17) is 10.3 Å². The monoisotopic (exact) mass is 372 g/mol. The predicted octanol–water partition coefficient (Wildman–Crippen LogP) is -0.217. The highest BCUT2D eigenvalue weighted by atomic mass is 32.2. The van der Waals surface area contributed by atoms with Crippen LogP contribution in [-0.4, -0.2) is 57.5 Å². The van der Waals surface area contributed by atoms with Gasteiger partial charge < -0.3 is 10.3 Å². The Morgan fingerprint density at radius 1 is 1.48 bits per heavy atom. The van der Waals surface area contributed by atoms with Crippen LogP contribution in [0.3, 0.4) is 0 Å². The molecule has 1 aliphatic heterocycles. The van der Waals surface area contributed by atoms with Crippen LogP contribution in [0.5, 0.6) is 0 Å². The van der Waals surface area contributed by atoms with E-state index < -0.39 is 28.1 Å². The number of aromatic nitrogens is 4.